The number of benzene rings is 2. The van der Waals surface area contributed by atoms with Crippen molar-refractivity contribution in [1.82, 2.24) is 15.1 Å². The second-order valence-electron chi connectivity index (χ2n) is 9.25. The molecule has 1 aliphatic heterocycles. The van der Waals surface area contributed by atoms with Gasteiger partial charge >= 0.3 is 0 Å². The van der Waals surface area contributed by atoms with Crippen LogP contribution in [0.1, 0.15) is 24.5 Å². The number of carbonyl (C=O) groups excluding carboxylic acids is 2. The summed E-state index contributed by atoms with van der Waals surface area (Å²) in [5, 5.41) is 2.75. The van der Waals surface area contributed by atoms with Crippen molar-refractivity contribution in [3.05, 3.63) is 95.9 Å². The summed E-state index contributed by atoms with van der Waals surface area (Å²) >= 11 is 4.48. The number of nitrogens with two attached hydrogens (primary N) is 1. The molecule has 0 bridgehead atoms. The van der Waals surface area contributed by atoms with Crippen molar-refractivity contribution in [3.8, 4) is 5.75 Å². The van der Waals surface area contributed by atoms with Crippen LogP contribution < -0.4 is 15.8 Å². The molecule has 1 aliphatic rings. The molecule has 0 aliphatic carbocycles. The number of ether oxygens (including phenoxy) is 1. The minimum absolute atomic E-state index is 0.0618. The van der Waals surface area contributed by atoms with Crippen LogP contribution in [0.2, 0.25) is 0 Å². The zero-order valence-electron chi connectivity index (χ0n) is 23.3. The van der Waals surface area contributed by atoms with E-state index in [1.165, 1.54) is 6.08 Å². The predicted molar refractivity (Wildman–Crippen MR) is 165 cm³/mol. The Bertz CT molecular complexity index is 1340. The van der Waals surface area contributed by atoms with Crippen LogP contribution in [0, 0.1) is 0 Å². The Morgan fingerprint density at radius 1 is 1.15 bits per heavy atom. The summed E-state index contributed by atoms with van der Waals surface area (Å²) < 4.78 is 5.29. The van der Waals surface area contributed by atoms with Crippen molar-refractivity contribution in [3.63, 3.8) is 0 Å². The van der Waals surface area contributed by atoms with E-state index in [0.717, 1.165) is 24.2 Å². The largest absolute Gasteiger partial charge is 0.496 e. The number of carbonyl (C=O) groups is 2. The third-order valence-electron chi connectivity index (χ3n) is 6.34. The SMILES string of the molecule is C=C\C=C(/N=C(\C=C(/N)C(=O)N/C(=C/c1ccccc1)C(=O)N1CCN(C)CC1)CC)c1ccc(OC)c(S)c1. The molecule has 3 N–H and O–H groups in total. The number of thiol groups is 1. The van der Waals surface area contributed by atoms with Crippen molar-refractivity contribution in [2.24, 2.45) is 10.7 Å². The van der Waals surface area contributed by atoms with Gasteiger partial charge in [-0.15, -0.1) is 12.6 Å². The Morgan fingerprint density at radius 2 is 1.85 bits per heavy atom. The topological polar surface area (TPSA) is 100 Å². The van der Waals surface area contributed by atoms with Crippen molar-refractivity contribution >= 4 is 41.9 Å². The lowest BCUT2D eigenvalue weighted by Gasteiger charge is -2.33. The molecule has 40 heavy (non-hydrogen) atoms. The van der Waals surface area contributed by atoms with Crippen molar-refractivity contribution in [2.75, 3.05) is 40.3 Å². The normalized spacial score (nSPS) is 15.6. The molecular formula is C31H37N5O3S. The average Bonchev–Trinajstić information content (AvgIpc) is 2.96. The maximum Gasteiger partial charge on any atom is 0.271 e. The van der Waals surface area contributed by atoms with E-state index in [0.29, 0.717) is 41.6 Å². The first-order valence-electron chi connectivity index (χ1n) is 13.1. The Hall–Kier alpha value is -4.08. The van der Waals surface area contributed by atoms with E-state index < -0.39 is 5.91 Å². The summed E-state index contributed by atoms with van der Waals surface area (Å²) in [7, 11) is 3.60. The lowest BCUT2D eigenvalue weighted by Crippen LogP contribution is -2.49. The summed E-state index contributed by atoms with van der Waals surface area (Å²) in [5.74, 6) is -0.182. The Labute approximate surface area is 242 Å². The van der Waals surface area contributed by atoms with Gasteiger partial charge in [-0.1, -0.05) is 49.9 Å². The van der Waals surface area contributed by atoms with Gasteiger partial charge in [0.05, 0.1) is 18.5 Å². The van der Waals surface area contributed by atoms with Gasteiger partial charge in [0.2, 0.25) is 0 Å². The van der Waals surface area contributed by atoms with Gasteiger partial charge < -0.3 is 25.6 Å². The predicted octanol–water partition coefficient (Wildman–Crippen LogP) is 4.14. The highest BCUT2D eigenvalue weighted by Crippen LogP contribution is 2.27. The minimum atomic E-state index is -0.581. The Balaban J connectivity index is 1.87. The van der Waals surface area contributed by atoms with Gasteiger partial charge in [-0.05, 0) is 55.5 Å². The number of nitrogens with zero attached hydrogens (tertiary/aromatic N) is 3. The van der Waals surface area contributed by atoms with Crippen LogP contribution in [-0.2, 0) is 9.59 Å². The molecule has 3 rings (SSSR count). The zero-order chi connectivity index (χ0) is 29.1. The van der Waals surface area contributed by atoms with E-state index >= 15 is 0 Å². The van der Waals surface area contributed by atoms with Gasteiger partial charge in [-0.25, -0.2) is 0 Å². The molecule has 0 spiro atoms. The van der Waals surface area contributed by atoms with Crippen molar-refractivity contribution in [1.29, 1.82) is 0 Å². The third kappa shape index (κ3) is 8.46. The summed E-state index contributed by atoms with van der Waals surface area (Å²) in [6.07, 6.45) is 7.12. The first kappa shape index (κ1) is 30.5. The number of allylic oxidation sites excluding steroid dienone is 3. The van der Waals surface area contributed by atoms with Crippen LogP contribution in [0.25, 0.3) is 11.8 Å². The zero-order valence-corrected chi connectivity index (χ0v) is 24.2. The summed E-state index contributed by atoms with van der Waals surface area (Å²) in [5.41, 5.74) is 9.13. The lowest BCUT2D eigenvalue weighted by molar-refractivity contribution is -0.130. The maximum absolute atomic E-state index is 13.4. The number of piperazine rings is 1. The smallest absolute Gasteiger partial charge is 0.271 e. The lowest BCUT2D eigenvalue weighted by atomic mass is 10.1. The Morgan fingerprint density at radius 3 is 2.45 bits per heavy atom. The highest BCUT2D eigenvalue weighted by atomic mass is 32.1. The van der Waals surface area contributed by atoms with E-state index in [9.17, 15) is 9.59 Å². The Kier molecular flexibility index (Phi) is 11.4. The van der Waals surface area contributed by atoms with Gasteiger partial charge in [-0.3, -0.25) is 14.6 Å². The molecule has 0 atom stereocenters. The summed E-state index contributed by atoms with van der Waals surface area (Å²) in [6, 6.07) is 14.9. The molecule has 1 heterocycles. The first-order chi connectivity index (χ1) is 19.2. The molecule has 0 saturated carbocycles. The highest BCUT2D eigenvalue weighted by Gasteiger charge is 2.24. The number of amides is 2. The number of likely N-dealkylation sites (N-methyl/N-ethyl adjacent to an activating group) is 1. The fourth-order valence-electron chi connectivity index (χ4n) is 4.01. The van der Waals surface area contributed by atoms with Crippen LogP contribution in [0.4, 0.5) is 0 Å². The van der Waals surface area contributed by atoms with Gasteiger partial charge in [-0.2, -0.15) is 0 Å². The van der Waals surface area contributed by atoms with Gasteiger partial charge in [0.25, 0.3) is 11.8 Å². The van der Waals surface area contributed by atoms with Crippen LogP contribution >= 0.6 is 12.6 Å². The molecule has 2 aromatic carbocycles. The fourth-order valence-corrected chi connectivity index (χ4v) is 4.32. The molecule has 0 radical (unpaired) electrons. The molecule has 1 fully saturated rings. The second-order valence-corrected chi connectivity index (χ2v) is 9.73. The minimum Gasteiger partial charge on any atom is -0.496 e. The molecule has 9 heteroatoms. The first-order valence-corrected chi connectivity index (χ1v) is 13.5. The molecule has 8 nitrogen and oxygen atoms in total. The standard InChI is InChI=1S/C31H37N5O3S/c1-5-10-26(23-13-14-28(39-4)29(40)20-23)33-24(6-2)21-25(32)30(37)34-27(19-22-11-8-7-9-12-22)31(38)36-17-15-35(3)16-18-36/h5,7-14,19-21,40H,1,6,15-18,32H2,2-4H3,(H,34,37)/b25-21-,26-10-,27-19+,33-24-. The number of hydrogen-bond acceptors (Lipinski definition) is 7. The fraction of sp³-hybridized carbons (Fsp3) is 0.258. The molecule has 0 unspecified atom stereocenters. The second kappa shape index (κ2) is 14.9. The molecule has 210 valence electrons. The van der Waals surface area contributed by atoms with E-state index in [1.807, 2.05) is 62.5 Å². The molecule has 1 saturated heterocycles. The van der Waals surface area contributed by atoms with E-state index in [1.54, 1.807) is 30.2 Å². The highest BCUT2D eigenvalue weighted by molar-refractivity contribution is 7.80. The van der Waals surface area contributed by atoms with Crippen LogP contribution in [0.3, 0.4) is 0 Å². The van der Waals surface area contributed by atoms with Crippen molar-refractivity contribution < 1.29 is 14.3 Å². The number of nitrogens with one attached hydrogen (secondary N) is 1. The van der Waals surface area contributed by atoms with Gasteiger partial charge in [0.1, 0.15) is 11.4 Å². The van der Waals surface area contributed by atoms with E-state index in [-0.39, 0.29) is 17.3 Å². The van der Waals surface area contributed by atoms with Crippen LogP contribution in [-0.4, -0.2) is 67.7 Å². The number of rotatable bonds is 10. The number of hydrogen-bond donors (Lipinski definition) is 3. The quantitative estimate of drug-likeness (QED) is 0.176. The van der Waals surface area contributed by atoms with E-state index in [2.05, 4.69) is 29.4 Å². The average molecular weight is 560 g/mol. The van der Waals surface area contributed by atoms with Crippen molar-refractivity contribution in [2.45, 2.75) is 18.2 Å². The van der Waals surface area contributed by atoms with Crippen LogP contribution in [0.15, 0.2) is 94.6 Å². The number of methoxy groups -OCH3 is 1. The molecule has 2 amide bonds. The van der Waals surface area contributed by atoms with Crippen LogP contribution in [0.5, 0.6) is 5.75 Å². The summed E-state index contributed by atoms with van der Waals surface area (Å²) in [4.78, 5) is 35.9. The number of aliphatic imine (C=N–C) groups is 1. The monoisotopic (exact) mass is 559 g/mol. The molecule has 2 aromatic rings. The summed E-state index contributed by atoms with van der Waals surface area (Å²) in [6.45, 7) is 8.39. The van der Waals surface area contributed by atoms with Gasteiger partial charge in [0, 0.05) is 42.3 Å². The third-order valence-corrected chi connectivity index (χ3v) is 6.69. The maximum atomic E-state index is 13.4. The molecular weight excluding hydrogens is 522 g/mol. The van der Waals surface area contributed by atoms with Gasteiger partial charge in [0.15, 0.2) is 0 Å². The van der Waals surface area contributed by atoms with E-state index in [4.69, 9.17) is 15.5 Å². The molecule has 0 aromatic heterocycles.